The lowest BCUT2D eigenvalue weighted by atomic mass is 10.2. The van der Waals surface area contributed by atoms with Gasteiger partial charge in [-0.3, -0.25) is 14.0 Å². The van der Waals surface area contributed by atoms with Crippen LogP contribution in [0.25, 0.3) is 16.7 Å². The average molecular weight is 396 g/mol. The monoisotopic (exact) mass is 396 g/mol. The molecule has 0 aliphatic heterocycles. The molecular formula is C20H17FN4O2S. The number of nitrogens with zero attached hydrogens (tertiary/aromatic N) is 4. The van der Waals surface area contributed by atoms with Crippen molar-refractivity contribution in [2.24, 2.45) is 7.05 Å². The van der Waals surface area contributed by atoms with Gasteiger partial charge in [0.25, 0.3) is 5.56 Å². The molecule has 0 fully saturated rings. The van der Waals surface area contributed by atoms with Gasteiger partial charge in [0.2, 0.25) is 0 Å². The molecule has 0 bridgehead atoms. The van der Waals surface area contributed by atoms with Gasteiger partial charge in [-0.2, -0.15) is 5.10 Å². The van der Waals surface area contributed by atoms with Crippen LogP contribution in [-0.2, 0) is 12.8 Å². The molecule has 4 rings (SSSR count). The number of hydrogen-bond donors (Lipinski definition) is 0. The fourth-order valence-corrected chi connectivity index (χ4v) is 3.90. The number of ether oxygens (including phenoxy) is 1. The molecule has 2 aromatic carbocycles. The van der Waals surface area contributed by atoms with E-state index in [0.717, 1.165) is 5.56 Å². The topological polar surface area (TPSA) is 61.9 Å². The highest BCUT2D eigenvalue weighted by Crippen LogP contribution is 2.28. The molecule has 0 aliphatic rings. The zero-order chi connectivity index (χ0) is 19.7. The second-order valence-electron chi connectivity index (χ2n) is 6.13. The predicted molar refractivity (Wildman–Crippen MR) is 107 cm³/mol. The van der Waals surface area contributed by atoms with E-state index in [-0.39, 0.29) is 11.4 Å². The van der Waals surface area contributed by atoms with E-state index in [0.29, 0.717) is 33.4 Å². The van der Waals surface area contributed by atoms with Crippen molar-refractivity contribution in [2.75, 3.05) is 7.11 Å². The molecule has 142 valence electrons. The van der Waals surface area contributed by atoms with Gasteiger partial charge in [0.05, 0.1) is 19.0 Å². The minimum absolute atomic E-state index is 0.232. The summed E-state index contributed by atoms with van der Waals surface area (Å²) < 4.78 is 22.0. The standard InChI is InChI=1S/C20H17FN4O2S/c1-24-18-15(11-22-24)19(26)25(16-8-3-4-9-17(16)27-2)20(23-18)28-12-13-6-5-7-14(21)10-13/h3-11H,12H2,1-2H3. The first-order valence-corrected chi connectivity index (χ1v) is 9.52. The number of halogens is 1. The van der Waals surface area contributed by atoms with Crippen LogP contribution in [0.2, 0.25) is 0 Å². The van der Waals surface area contributed by atoms with Gasteiger partial charge in [-0.05, 0) is 29.8 Å². The maximum absolute atomic E-state index is 13.5. The molecule has 0 saturated heterocycles. The molecule has 2 heterocycles. The van der Waals surface area contributed by atoms with Crippen molar-refractivity contribution in [3.8, 4) is 11.4 Å². The molecule has 0 aliphatic carbocycles. The quantitative estimate of drug-likeness (QED) is 0.381. The van der Waals surface area contributed by atoms with Gasteiger partial charge in [-0.25, -0.2) is 9.37 Å². The molecule has 6 nitrogen and oxygen atoms in total. The number of benzene rings is 2. The molecule has 0 N–H and O–H groups in total. The number of hydrogen-bond acceptors (Lipinski definition) is 5. The third kappa shape index (κ3) is 3.27. The normalized spacial score (nSPS) is 11.1. The molecular weight excluding hydrogens is 379 g/mol. The van der Waals surface area contributed by atoms with Gasteiger partial charge in [0.15, 0.2) is 10.8 Å². The van der Waals surface area contributed by atoms with Crippen LogP contribution in [0.5, 0.6) is 5.75 Å². The van der Waals surface area contributed by atoms with Crippen LogP contribution in [0.1, 0.15) is 5.56 Å². The van der Waals surface area contributed by atoms with Crippen molar-refractivity contribution in [1.29, 1.82) is 0 Å². The Morgan fingerprint density at radius 3 is 2.79 bits per heavy atom. The highest BCUT2D eigenvalue weighted by molar-refractivity contribution is 7.98. The van der Waals surface area contributed by atoms with Gasteiger partial charge in [0.1, 0.15) is 17.0 Å². The van der Waals surface area contributed by atoms with Crippen LogP contribution in [0.15, 0.2) is 64.7 Å². The lowest BCUT2D eigenvalue weighted by Gasteiger charge is -2.15. The first-order chi connectivity index (χ1) is 13.6. The van der Waals surface area contributed by atoms with Crippen molar-refractivity contribution in [2.45, 2.75) is 10.9 Å². The average Bonchev–Trinajstić information content (AvgIpc) is 3.08. The minimum atomic E-state index is -0.296. The number of thioether (sulfide) groups is 1. The lowest BCUT2D eigenvalue weighted by molar-refractivity contribution is 0.411. The summed E-state index contributed by atoms with van der Waals surface area (Å²) in [6.07, 6.45) is 1.51. The van der Waals surface area contributed by atoms with Crippen molar-refractivity contribution in [3.63, 3.8) is 0 Å². The molecule has 0 radical (unpaired) electrons. The first-order valence-electron chi connectivity index (χ1n) is 8.54. The zero-order valence-electron chi connectivity index (χ0n) is 15.3. The first kappa shape index (κ1) is 18.2. The second kappa shape index (κ2) is 7.47. The van der Waals surface area contributed by atoms with Crippen molar-refractivity contribution in [3.05, 3.63) is 76.5 Å². The number of methoxy groups -OCH3 is 1. The van der Waals surface area contributed by atoms with E-state index in [1.807, 2.05) is 18.2 Å². The molecule has 0 saturated carbocycles. The summed E-state index contributed by atoms with van der Waals surface area (Å²) in [5.74, 6) is 0.723. The maximum Gasteiger partial charge on any atom is 0.270 e. The lowest BCUT2D eigenvalue weighted by Crippen LogP contribution is -2.22. The SMILES string of the molecule is COc1ccccc1-n1c(SCc2cccc(F)c2)nc2c(cnn2C)c1=O. The molecule has 0 unspecified atom stereocenters. The third-order valence-electron chi connectivity index (χ3n) is 4.32. The van der Waals surface area contributed by atoms with E-state index in [9.17, 15) is 9.18 Å². The highest BCUT2D eigenvalue weighted by Gasteiger charge is 2.18. The van der Waals surface area contributed by atoms with E-state index in [2.05, 4.69) is 10.1 Å². The highest BCUT2D eigenvalue weighted by atomic mass is 32.2. The van der Waals surface area contributed by atoms with Gasteiger partial charge in [-0.1, -0.05) is 36.0 Å². The molecule has 2 aromatic heterocycles. The number of para-hydroxylation sites is 2. The van der Waals surface area contributed by atoms with Crippen LogP contribution < -0.4 is 10.3 Å². The van der Waals surface area contributed by atoms with Crippen LogP contribution in [0.4, 0.5) is 4.39 Å². The van der Waals surface area contributed by atoms with Crippen LogP contribution in [-0.4, -0.2) is 26.4 Å². The summed E-state index contributed by atoms with van der Waals surface area (Å²) in [7, 11) is 3.29. The van der Waals surface area contributed by atoms with Gasteiger partial charge in [0, 0.05) is 12.8 Å². The van der Waals surface area contributed by atoms with E-state index < -0.39 is 0 Å². The Kier molecular flexibility index (Phi) is 4.87. The number of rotatable bonds is 5. The smallest absolute Gasteiger partial charge is 0.270 e. The van der Waals surface area contributed by atoms with E-state index in [1.54, 1.807) is 37.0 Å². The summed E-state index contributed by atoms with van der Waals surface area (Å²) in [6.45, 7) is 0. The van der Waals surface area contributed by atoms with Crippen molar-refractivity contribution in [1.82, 2.24) is 19.3 Å². The summed E-state index contributed by atoms with van der Waals surface area (Å²) in [5, 5.41) is 5.06. The molecule has 0 amide bonds. The maximum atomic E-state index is 13.5. The number of aromatic nitrogens is 4. The number of aryl methyl sites for hydroxylation is 1. The van der Waals surface area contributed by atoms with Gasteiger partial charge in [-0.15, -0.1) is 0 Å². The summed E-state index contributed by atoms with van der Waals surface area (Å²) in [4.78, 5) is 17.9. The second-order valence-corrected chi connectivity index (χ2v) is 7.07. The van der Waals surface area contributed by atoms with Crippen LogP contribution in [0, 0.1) is 5.82 Å². The fourth-order valence-electron chi connectivity index (χ4n) is 2.96. The largest absolute Gasteiger partial charge is 0.495 e. The fraction of sp³-hybridized carbons (Fsp3) is 0.150. The van der Waals surface area contributed by atoms with Crippen molar-refractivity contribution >= 4 is 22.8 Å². The molecule has 8 heteroatoms. The Hall–Kier alpha value is -3.13. The summed E-state index contributed by atoms with van der Waals surface area (Å²) >= 11 is 1.35. The van der Waals surface area contributed by atoms with Crippen LogP contribution in [0.3, 0.4) is 0 Å². The summed E-state index contributed by atoms with van der Waals surface area (Å²) in [6, 6.07) is 13.6. The predicted octanol–water partition coefficient (Wildman–Crippen LogP) is 3.56. The van der Waals surface area contributed by atoms with E-state index >= 15 is 0 Å². The summed E-state index contributed by atoms with van der Waals surface area (Å²) in [5.41, 5.74) is 1.66. The van der Waals surface area contributed by atoms with E-state index in [4.69, 9.17) is 4.74 Å². The molecule has 0 spiro atoms. The Morgan fingerprint density at radius 2 is 2.00 bits per heavy atom. The Bertz CT molecular complexity index is 1220. The third-order valence-corrected chi connectivity index (χ3v) is 5.33. The zero-order valence-corrected chi connectivity index (χ0v) is 16.1. The van der Waals surface area contributed by atoms with Crippen LogP contribution >= 0.6 is 11.8 Å². The van der Waals surface area contributed by atoms with Gasteiger partial charge >= 0.3 is 0 Å². The Labute approximate surface area is 164 Å². The molecule has 28 heavy (non-hydrogen) atoms. The van der Waals surface area contributed by atoms with Gasteiger partial charge < -0.3 is 4.74 Å². The molecule has 0 atom stereocenters. The Morgan fingerprint density at radius 1 is 1.18 bits per heavy atom. The minimum Gasteiger partial charge on any atom is -0.495 e. The number of fused-ring (bicyclic) bond motifs is 1. The van der Waals surface area contributed by atoms with E-state index in [1.165, 1.54) is 34.7 Å². The Balaban J connectivity index is 1.88. The molecule has 4 aromatic rings. The van der Waals surface area contributed by atoms with Crippen molar-refractivity contribution < 1.29 is 9.13 Å².